The van der Waals surface area contributed by atoms with Gasteiger partial charge >= 0.3 is 5.97 Å². The van der Waals surface area contributed by atoms with E-state index in [1.54, 1.807) is 18.1 Å². The van der Waals surface area contributed by atoms with Gasteiger partial charge in [-0.25, -0.2) is 0 Å². The van der Waals surface area contributed by atoms with E-state index in [9.17, 15) is 4.79 Å². The monoisotopic (exact) mass is 426 g/mol. The molecule has 0 aromatic heterocycles. The summed E-state index contributed by atoms with van der Waals surface area (Å²) in [4.78, 5) is 11.5. The van der Waals surface area contributed by atoms with Gasteiger partial charge in [-0.3, -0.25) is 4.79 Å². The predicted molar refractivity (Wildman–Crippen MR) is 129 cm³/mol. The molecule has 0 aliphatic heterocycles. The standard InChI is InChI=1S/C29H46O2/c1-19(2)8-7-9-20(3)25-12-13-26-24-11-10-22-18-23(31-21(4)30)14-16-28(22,5)27(24)15-17-29(25,26)6/h10,19,23-24,26-27H,7-9,11-18H2,1-6H3. The summed E-state index contributed by atoms with van der Waals surface area (Å²) >= 11 is 0. The maximum atomic E-state index is 11.5. The van der Waals surface area contributed by atoms with E-state index in [4.69, 9.17) is 4.74 Å². The molecule has 0 amide bonds. The van der Waals surface area contributed by atoms with Crippen LogP contribution in [0.5, 0.6) is 0 Å². The van der Waals surface area contributed by atoms with E-state index in [-0.39, 0.29) is 12.1 Å². The van der Waals surface area contributed by atoms with Crippen molar-refractivity contribution in [1.82, 2.24) is 0 Å². The zero-order valence-electron chi connectivity index (χ0n) is 21.1. The van der Waals surface area contributed by atoms with Crippen LogP contribution in [0.25, 0.3) is 0 Å². The molecular weight excluding hydrogens is 380 g/mol. The van der Waals surface area contributed by atoms with E-state index < -0.39 is 0 Å². The second-order valence-electron chi connectivity index (χ2n) is 12.3. The van der Waals surface area contributed by atoms with Crippen molar-refractivity contribution in [3.8, 4) is 0 Å². The lowest BCUT2D eigenvalue weighted by Crippen LogP contribution is -2.49. The first-order valence-electron chi connectivity index (χ1n) is 13.2. The van der Waals surface area contributed by atoms with Crippen LogP contribution in [0.3, 0.4) is 0 Å². The van der Waals surface area contributed by atoms with E-state index in [2.05, 4.69) is 40.7 Å². The van der Waals surface area contributed by atoms with Gasteiger partial charge in [-0.1, -0.05) is 56.9 Å². The summed E-state index contributed by atoms with van der Waals surface area (Å²) in [6.45, 7) is 13.9. The Labute approximate surface area is 191 Å². The molecular formula is C29H46O2. The van der Waals surface area contributed by atoms with Crippen LogP contribution in [-0.4, -0.2) is 12.1 Å². The summed E-state index contributed by atoms with van der Waals surface area (Å²) < 4.78 is 5.61. The molecule has 3 fully saturated rings. The molecule has 2 nitrogen and oxygen atoms in total. The quantitative estimate of drug-likeness (QED) is 0.328. The van der Waals surface area contributed by atoms with Crippen LogP contribution in [-0.2, 0) is 9.53 Å². The highest BCUT2D eigenvalue weighted by molar-refractivity contribution is 5.66. The molecule has 4 aliphatic carbocycles. The molecule has 174 valence electrons. The van der Waals surface area contributed by atoms with Crippen LogP contribution >= 0.6 is 0 Å². The smallest absolute Gasteiger partial charge is 0.302 e. The number of ether oxygens (including phenoxy) is 1. The van der Waals surface area contributed by atoms with Crippen molar-refractivity contribution in [3.63, 3.8) is 0 Å². The molecule has 2 heteroatoms. The Morgan fingerprint density at radius 2 is 1.81 bits per heavy atom. The van der Waals surface area contributed by atoms with E-state index in [1.165, 1.54) is 57.8 Å². The van der Waals surface area contributed by atoms with Gasteiger partial charge in [-0.05, 0) is 99.2 Å². The Bertz CT molecular complexity index is 759. The molecule has 6 unspecified atom stereocenters. The number of carbonyl (C=O) groups is 1. The van der Waals surface area contributed by atoms with Gasteiger partial charge in [0, 0.05) is 13.3 Å². The molecule has 0 bridgehead atoms. The third kappa shape index (κ3) is 4.18. The Kier molecular flexibility index (Phi) is 6.50. The first kappa shape index (κ1) is 23.1. The molecule has 4 aliphatic rings. The van der Waals surface area contributed by atoms with Crippen molar-refractivity contribution in [2.75, 3.05) is 0 Å². The van der Waals surface area contributed by atoms with Crippen molar-refractivity contribution in [3.05, 3.63) is 22.8 Å². The fourth-order valence-electron chi connectivity index (χ4n) is 8.40. The van der Waals surface area contributed by atoms with Crippen LogP contribution in [0.1, 0.15) is 112 Å². The topological polar surface area (TPSA) is 26.3 Å². The fraction of sp³-hybridized carbons (Fsp3) is 0.828. The van der Waals surface area contributed by atoms with Crippen LogP contribution in [0.4, 0.5) is 0 Å². The minimum Gasteiger partial charge on any atom is -0.462 e. The Morgan fingerprint density at radius 3 is 2.52 bits per heavy atom. The summed E-state index contributed by atoms with van der Waals surface area (Å²) in [5, 5.41) is 0. The molecule has 0 N–H and O–H groups in total. The maximum absolute atomic E-state index is 11.5. The van der Waals surface area contributed by atoms with Crippen molar-refractivity contribution in [2.45, 2.75) is 118 Å². The lowest BCUT2D eigenvalue weighted by atomic mass is 9.47. The van der Waals surface area contributed by atoms with Gasteiger partial charge in [0.05, 0.1) is 0 Å². The number of hydrogen-bond acceptors (Lipinski definition) is 2. The van der Waals surface area contributed by atoms with Gasteiger partial charge in [-0.2, -0.15) is 0 Å². The summed E-state index contributed by atoms with van der Waals surface area (Å²) in [5.74, 6) is 3.23. The van der Waals surface area contributed by atoms with Gasteiger partial charge in [-0.15, -0.1) is 0 Å². The van der Waals surface area contributed by atoms with Crippen molar-refractivity contribution in [1.29, 1.82) is 0 Å². The zero-order valence-corrected chi connectivity index (χ0v) is 21.1. The summed E-state index contributed by atoms with van der Waals surface area (Å²) in [7, 11) is 0. The molecule has 4 rings (SSSR count). The van der Waals surface area contributed by atoms with Crippen LogP contribution in [0.15, 0.2) is 22.8 Å². The second kappa shape index (κ2) is 8.71. The maximum Gasteiger partial charge on any atom is 0.302 e. The third-order valence-electron chi connectivity index (χ3n) is 10.0. The van der Waals surface area contributed by atoms with Crippen LogP contribution in [0, 0.1) is 34.5 Å². The van der Waals surface area contributed by atoms with Gasteiger partial charge in [0.1, 0.15) is 6.10 Å². The molecule has 6 atom stereocenters. The average Bonchev–Trinajstić information content (AvgIpc) is 3.05. The minimum absolute atomic E-state index is 0.108. The molecule has 0 heterocycles. The minimum atomic E-state index is -0.120. The normalized spacial score (nSPS) is 41.2. The second-order valence-corrected chi connectivity index (χ2v) is 12.3. The molecule has 0 spiro atoms. The lowest BCUT2D eigenvalue weighted by molar-refractivity contribution is -0.148. The SMILES string of the molecule is CC(=O)OC1CCC2(C)C(=CCC3C2CCC2(C)C(=C(C)CCCC(C)C)CCC32)C1. The number of carbonyl (C=O) groups excluding carboxylic acids is 1. The average molecular weight is 427 g/mol. The number of allylic oxidation sites excluding steroid dienone is 3. The third-order valence-corrected chi connectivity index (χ3v) is 10.0. The highest BCUT2D eigenvalue weighted by Crippen LogP contribution is 2.66. The summed E-state index contributed by atoms with van der Waals surface area (Å²) in [6, 6.07) is 0. The van der Waals surface area contributed by atoms with E-state index >= 15 is 0 Å². The van der Waals surface area contributed by atoms with Crippen molar-refractivity contribution >= 4 is 5.97 Å². The Balaban J connectivity index is 1.52. The zero-order chi connectivity index (χ0) is 22.4. The van der Waals surface area contributed by atoms with Gasteiger partial charge in [0.15, 0.2) is 0 Å². The first-order chi connectivity index (χ1) is 14.6. The van der Waals surface area contributed by atoms with Crippen molar-refractivity contribution < 1.29 is 9.53 Å². The number of esters is 1. The number of hydrogen-bond donors (Lipinski definition) is 0. The molecule has 31 heavy (non-hydrogen) atoms. The Hall–Kier alpha value is -1.05. The number of fused-ring (bicyclic) bond motifs is 5. The fourth-order valence-corrected chi connectivity index (χ4v) is 8.40. The largest absolute Gasteiger partial charge is 0.462 e. The molecule has 0 aromatic rings. The highest BCUT2D eigenvalue weighted by Gasteiger charge is 2.57. The van der Waals surface area contributed by atoms with Gasteiger partial charge < -0.3 is 4.74 Å². The van der Waals surface area contributed by atoms with Crippen LogP contribution in [0.2, 0.25) is 0 Å². The van der Waals surface area contributed by atoms with E-state index in [1.807, 2.05) is 5.57 Å². The molecule has 0 saturated heterocycles. The highest BCUT2D eigenvalue weighted by atomic mass is 16.5. The molecule has 0 radical (unpaired) electrons. The summed E-state index contributed by atoms with van der Waals surface area (Å²) in [6.07, 6.45) is 16.7. The van der Waals surface area contributed by atoms with Crippen molar-refractivity contribution in [2.24, 2.45) is 34.5 Å². The van der Waals surface area contributed by atoms with Gasteiger partial charge in [0.25, 0.3) is 0 Å². The lowest BCUT2D eigenvalue weighted by Gasteiger charge is -2.57. The number of rotatable bonds is 5. The first-order valence-corrected chi connectivity index (χ1v) is 13.2. The predicted octanol–water partition coefficient (Wildman–Crippen LogP) is 8.02. The van der Waals surface area contributed by atoms with Gasteiger partial charge in [0.2, 0.25) is 0 Å². The summed E-state index contributed by atoms with van der Waals surface area (Å²) in [5.41, 5.74) is 5.95. The molecule has 3 saturated carbocycles. The van der Waals surface area contributed by atoms with Crippen LogP contribution < -0.4 is 0 Å². The van der Waals surface area contributed by atoms with E-state index in [0.29, 0.717) is 10.8 Å². The molecule has 0 aromatic carbocycles. The Morgan fingerprint density at radius 1 is 1.10 bits per heavy atom. The van der Waals surface area contributed by atoms with E-state index in [0.717, 1.165) is 36.5 Å².